The quantitative estimate of drug-likeness (QED) is 0.711. The van der Waals surface area contributed by atoms with Crippen LogP contribution in [-0.2, 0) is 13.2 Å². The van der Waals surface area contributed by atoms with E-state index in [9.17, 15) is 0 Å². The molecule has 96 valence electrons. The van der Waals surface area contributed by atoms with Crippen LogP contribution in [-0.4, -0.2) is 30.4 Å². The van der Waals surface area contributed by atoms with Gasteiger partial charge in [0, 0.05) is 6.54 Å². The number of anilines is 1. The van der Waals surface area contributed by atoms with Gasteiger partial charge in [-0.25, -0.2) is 0 Å². The molecule has 0 saturated carbocycles. The summed E-state index contributed by atoms with van der Waals surface area (Å²) in [6, 6.07) is 11.3. The Kier molecular flexibility index (Phi) is 3.03. The number of nitrogens with zero attached hydrogens (tertiary/aromatic N) is 5. The largest absolute Gasteiger partial charge is 0.392 e. The van der Waals surface area contributed by atoms with Crippen molar-refractivity contribution in [3.63, 3.8) is 0 Å². The molecule has 19 heavy (non-hydrogen) atoms. The summed E-state index contributed by atoms with van der Waals surface area (Å²) >= 11 is 0. The summed E-state index contributed by atoms with van der Waals surface area (Å²) in [7, 11) is 0. The van der Waals surface area contributed by atoms with Crippen LogP contribution in [0, 0.1) is 0 Å². The first-order chi connectivity index (χ1) is 9.35. The molecule has 0 bridgehead atoms. The molecule has 0 aliphatic carbocycles. The normalized spacial score (nSPS) is 10.8. The zero-order valence-corrected chi connectivity index (χ0v) is 10.1. The van der Waals surface area contributed by atoms with Crippen LogP contribution in [0.1, 0.15) is 11.1 Å². The average Bonchev–Trinajstić information content (AvgIpc) is 2.93. The molecule has 7 heteroatoms. The molecular formula is C12H12N6O. The highest BCUT2D eigenvalue weighted by molar-refractivity contribution is 5.42. The number of aliphatic hydroxyl groups is 1. The van der Waals surface area contributed by atoms with Gasteiger partial charge in [-0.1, -0.05) is 24.3 Å². The molecule has 0 aliphatic heterocycles. The van der Waals surface area contributed by atoms with E-state index in [0.29, 0.717) is 18.0 Å². The van der Waals surface area contributed by atoms with E-state index in [1.54, 1.807) is 6.07 Å². The lowest BCUT2D eigenvalue weighted by atomic mass is 10.1. The number of hydrogen-bond donors (Lipinski definition) is 2. The molecule has 0 spiro atoms. The number of nitrogens with one attached hydrogen (secondary N) is 1. The van der Waals surface area contributed by atoms with Crippen molar-refractivity contribution >= 4 is 11.5 Å². The molecule has 0 saturated heterocycles. The summed E-state index contributed by atoms with van der Waals surface area (Å²) in [5, 5.41) is 27.5. The predicted octanol–water partition coefficient (Wildman–Crippen LogP) is 0.624. The number of hydrogen-bond acceptors (Lipinski definition) is 6. The summed E-state index contributed by atoms with van der Waals surface area (Å²) in [5.41, 5.74) is 2.57. The monoisotopic (exact) mass is 256 g/mol. The minimum Gasteiger partial charge on any atom is -0.392 e. The molecular weight excluding hydrogens is 244 g/mol. The van der Waals surface area contributed by atoms with E-state index in [1.165, 1.54) is 4.63 Å². The maximum atomic E-state index is 9.08. The molecule has 0 radical (unpaired) electrons. The fourth-order valence-electron chi connectivity index (χ4n) is 1.77. The molecule has 3 rings (SSSR count). The van der Waals surface area contributed by atoms with E-state index in [2.05, 4.69) is 25.9 Å². The van der Waals surface area contributed by atoms with E-state index >= 15 is 0 Å². The molecule has 2 heterocycles. The molecule has 0 amide bonds. The Balaban J connectivity index is 1.74. The third-order valence-corrected chi connectivity index (χ3v) is 2.72. The molecule has 0 atom stereocenters. The fourth-order valence-corrected chi connectivity index (χ4v) is 1.77. The van der Waals surface area contributed by atoms with Gasteiger partial charge in [0.25, 0.3) is 0 Å². The highest BCUT2D eigenvalue weighted by atomic mass is 16.3. The van der Waals surface area contributed by atoms with Gasteiger partial charge in [0.2, 0.25) is 0 Å². The third kappa shape index (κ3) is 2.50. The van der Waals surface area contributed by atoms with Crippen LogP contribution in [0.15, 0.2) is 36.4 Å². The minimum atomic E-state index is 0.0443. The van der Waals surface area contributed by atoms with Gasteiger partial charge in [-0.3, -0.25) is 0 Å². The molecule has 0 unspecified atom stereocenters. The number of aromatic nitrogens is 5. The van der Waals surface area contributed by atoms with E-state index in [-0.39, 0.29) is 6.61 Å². The lowest BCUT2D eigenvalue weighted by Crippen LogP contribution is -2.05. The highest BCUT2D eigenvalue weighted by Crippen LogP contribution is 2.09. The number of rotatable bonds is 4. The molecule has 3 aromatic rings. The lowest BCUT2D eigenvalue weighted by Gasteiger charge is -2.06. The van der Waals surface area contributed by atoms with Gasteiger partial charge >= 0.3 is 0 Å². The number of aliphatic hydroxyl groups excluding tert-OH is 1. The highest BCUT2D eigenvalue weighted by Gasteiger charge is 2.01. The van der Waals surface area contributed by atoms with Gasteiger partial charge in [0.15, 0.2) is 5.65 Å². The second kappa shape index (κ2) is 4.99. The Morgan fingerprint density at radius 1 is 1.16 bits per heavy atom. The fraction of sp³-hybridized carbons (Fsp3) is 0.167. The van der Waals surface area contributed by atoms with Crippen LogP contribution < -0.4 is 5.32 Å². The van der Waals surface area contributed by atoms with Gasteiger partial charge in [0.1, 0.15) is 5.82 Å². The molecule has 2 aromatic heterocycles. The molecule has 1 aromatic carbocycles. The average molecular weight is 256 g/mol. The van der Waals surface area contributed by atoms with E-state index < -0.39 is 0 Å². The minimum absolute atomic E-state index is 0.0443. The van der Waals surface area contributed by atoms with E-state index in [4.69, 9.17) is 5.11 Å². The maximum absolute atomic E-state index is 9.08. The van der Waals surface area contributed by atoms with Crippen molar-refractivity contribution in [3.8, 4) is 0 Å². The molecule has 2 N–H and O–H groups in total. The maximum Gasteiger partial charge on any atom is 0.200 e. The van der Waals surface area contributed by atoms with Gasteiger partial charge in [-0.2, -0.15) is 0 Å². The van der Waals surface area contributed by atoms with Crippen molar-refractivity contribution in [2.24, 2.45) is 0 Å². The van der Waals surface area contributed by atoms with Crippen molar-refractivity contribution in [2.45, 2.75) is 13.2 Å². The Labute approximate surface area is 108 Å². The molecule has 0 aliphatic rings. The summed E-state index contributed by atoms with van der Waals surface area (Å²) < 4.78 is 1.37. The summed E-state index contributed by atoms with van der Waals surface area (Å²) in [5.74, 6) is 0.689. The van der Waals surface area contributed by atoms with Crippen LogP contribution in [0.3, 0.4) is 0 Å². The second-order valence-electron chi connectivity index (χ2n) is 4.08. The summed E-state index contributed by atoms with van der Waals surface area (Å²) in [6.07, 6.45) is 0. The first-order valence-corrected chi connectivity index (χ1v) is 5.83. The van der Waals surface area contributed by atoms with Crippen LogP contribution in [0.4, 0.5) is 5.82 Å². The Bertz CT molecular complexity index is 695. The Morgan fingerprint density at radius 3 is 2.95 bits per heavy atom. The van der Waals surface area contributed by atoms with Crippen LogP contribution >= 0.6 is 0 Å². The third-order valence-electron chi connectivity index (χ3n) is 2.72. The number of tetrazole rings is 1. The van der Waals surface area contributed by atoms with Crippen molar-refractivity contribution in [1.82, 2.24) is 25.3 Å². The van der Waals surface area contributed by atoms with Gasteiger partial charge in [0.05, 0.1) is 6.61 Å². The van der Waals surface area contributed by atoms with Crippen molar-refractivity contribution < 1.29 is 5.11 Å². The molecule has 0 fully saturated rings. The number of benzene rings is 1. The standard InChI is InChI=1S/C12H12N6O/c19-8-10-3-1-2-9(6-10)7-13-11-4-5-12-14-16-17-18(12)15-11/h1-6,19H,7-8H2,(H,13,15). The predicted molar refractivity (Wildman–Crippen MR) is 68.3 cm³/mol. The Hall–Kier alpha value is -2.54. The zero-order valence-electron chi connectivity index (χ0n) is 10.1. The smallest absolute Gasteiger partial charge is 0.200 e. The zero-order chi connectivity index (χ0) is 13.1. The summed E-state index contributed by atoms with van der Waals surface area (Å²) in [4.78, 5) is 0. The van der Waals surface area contributed by atoms with Gasteiger partial charge in [-0.15, -0.1) is 14.8 Å². The van der Waals surface area contributed by atoms with Gasteiger partial charge < -0.3 is 10.4 Å². The second-order valence-corrected chi connectivity index (χ2v) is 4.08. The van der Waals surface area contributed by atoms with Gasteiger partial charge in [-0.05, 0) is 33.7 Å². The van der Waals surface area contributed by atoms with Crippen molar-refractivity contribution in [1.29, 1.82) is 0 Å². The van der Waals surface area contributed by atoms with E-state index in [0.717, 1.165) is 11.1 Å². The SMILES string of the molecule is OCc1cccc(CNc2ccc3nnnn3n2)c1. The Morgan fingerprint density at radius 2 is 2.05 bits per heavy atom. The summed E-state index contributed by atoms with van der Waals surface area (Å²) in [6.45, 7) is 0.664. The first kappa shape index (κ1) is 11.5. The topological polar surface area (TPSA) is 88.2 Å². The lowest BCUT2D eigenvalue weighted by molar-refractivity contribution is 0.281. The molecule has 7 nitrogen and oxygen atoms in total. The van der Waals surface area contributed by atoms with E-state index in [1.807, 2.05) is 30.3 Å². The first-order valence-electron chi connectivity index (χ1n) is 5.83. The van der Waals surface area contributed by atoms with Crippen LogP contribution in [0.25, 0.3) is 5.65 Å². The van der Waals surface area contributed by atoms with Crippen LogP contribution in [0.5, 0.6) is 0 Å². The van der Waals surface area contributed by atoms with Crippen molar-refractivity contribution in [2.75, 3.05) is 5.32 Å². The van der Waals surface area contributed by atoms with Crippen LogP contribution in [0.2, 0.25) is 0 Å². The number of fused-ring (bicyclic) bond motifs is 1. The van der Waals surface area contributed by atoms with Crippen molar-refractivity contribution in [3.05, 3.63) is 47.5 Å².